The molecule has 0 aliphatic carbocycles. The molecule has 1 aliphatic rings. The lowest BCUT2D eigenvalue weighted by molar-refractivity contribution is -0.113. The van der Waals surface area contributed by atoms with Crippen molar-refractivity contribution in [2.75, 3.05) is 11.5 Å². The summed E-state index contributed by atoms with van der Waals surface area (Å²) in [7, 11) is 0. The molecule has 4 aromatic rings. The zero-order chi connectivity index (χ0) is 30.7. The number of benzene rings is 4. The van der Waals surface area contributed by atoms with Crippen molar-refractivity contribution in [3.8, 4) is 11.5 Å². The van der Waals surface area contributed by atoms with Crippen LogP contribution in [0.1, 0.15) is 29.2 Å². The molecule has 5 rings (SSSR count). The van der Waals surface area contributed by atoms with Crippen LogP contribution in [-0.2, 0) is 11.4 Å². The van der Waals surface area contributed by atoms with Crippen molar-refractivity contribution in [2.45, 2.75) is 27.4 Å². The Morgan fingerprint density at radius 3 is 2.26 bits per heavy atom. The van der Waals surface area contributed by atoms with E-state index >= 15 is 0 Å². The van der Waals surface area contributed by atoms with Gasteiger partial charge in [0.25, 0.3) is 5.91 Å². The maximum absolute atomic E-state index is 13.8. The van der Waals surface area contributed by atoms with E-state index in [1.54, 1.807) is 29.2 Å². The zero-order valence-electron chi connectivity index (χ0n) is 23.5. The first-order chi connectivity index (χ1) is 20.6. The number of amidine groups is 1. The number of halogens is 4. The molecule has 0 spiro atoms. The average Bonchev–Trinajstić information content (AvgIpc) is 3.26. The number of rotatable bonds is 8. The summed E-state index contributed by atoms with van der Waals surface area (Å²) in [5.74, 6) is 0.870. The van der Waals surface area contributed by atoms with E-state index in [0.29, 0.717) is 59.6 Å². The first-order valence-corrected chi connectivity index (χ1v) is 15.6. The molecule has 0 saturated carbocycles. The quantitative estimate of drug-likeness (QED) is 0.175. The minimum absolute atomic E-state index is 0.224. The highest BCUT2D eigenvalue weighted by molar-refractivity contribution is 8.19. The maximum Gasteiger partial charge on any atom is 0.271 e. The van der Waals surface area contributed by atoms with Crippen molar-refractivity contribution in [3.63, 3.8) is 0 Å². The Bertz CT molecular complexity index is 1770. The number of amides is 1. The first kappa shape index (κ1) is 31.3. The number of anilines is 1. The van der Waals surface area contributed by atoms with Gasteiger partial charge in [-0.15, -0.1) is 0 Å². The van der Waals surface area contributed by atoms with E-state index in [9.17, 15) is 4.79 Å². The molecule has 0 aromatic heterocycles. The molecule has 1 amide bonds. The SMILES string of the molecule is CCOc1cc(/C=C2/SC(=Nc3ccc(C)c(Cl)c3)N(c3ccc(C)c(Cl)c3)C2=O)ccc1OCc1ccc(Cl)cc1Cl. The fraction of sp³-hybridized carbons (Fsp3) is 0.152. The predicted molar refractivity (Wildman–Crippen MR) is 181 cm³/mol. The molecule has 0 bridgehead atoms. The van der Waals surface area contributed by atoms with Gasteiger partial charge < -0.3 is 9.47 Å². The Morgan fingerprint density at radius 2 is 1.56 bits per heavy atom. The first-order valence-electron chi connectivity index (χ1n) is 13.3. The molecule has 0 atom stereocenters. The third-order valence-corrected chi connectivity index (χ3v) is 8.93. The van der Waals surface area contributed by atoms with Crippen LogP contribution in [0.25, 0.3) is 6.08 Å². The fourth-order valence-electron chi connectivity index (χ4n) is 4.21. The van der Waals surface area contributed by atoms with Crippen LogP contribution >= 0.6 is 58.2 Å². The molecule has 0 unspecified atom stereocenters. The van der Waals surface area contributed by atoms with E-state index in [2.05, 4.69) is 0 Å². The monoisotopic (exact) mass is 670 g/mol. The lowest BCUT2D eigenvalue weighted by atomic mass is 10.1. The molecule has 43 heavy (non-hydrogen) atoms. The molecule has 1 heterocycles. The second-order valence-corrected chi connectivity index (χ2v) is 12.3. The molecule has 0 radical (unpaired) electrons. The van der Waals surface area contributed by atoms with Crippen molar-refractivity contribution >= 4 is 86.7 Å². The highest BCUT2D eigenvalue weighted by Crippen LogP contribution is 2.40. The van der Waals surface area contributed by atoms with E-state index in [4.69, 9.17) is 60.9 Å². The van der Waals surface area contributed by atoms with E-state index in [-0.39, 0.29) is 12.5 Å². The summed E-state index contributed by atoms with van der Waals surface area (Å²) < 4.78 is 11.9. The van der Waals surface area contributed by atoms with E-state index in [0.717, 1.165) is 22.3 Å². The molecular weight excluding hydrogens is 646 g/mol. The van der Waals surface area contributed by atoms with Gasteiger partial charge in [-0.05, 0) is 104 Å². The van der Waals surface area contributed by atoms with Crippen molar-refractivity contribution in [1.29, 1.82) is 0 Å². The van der Waals surface area contributed by atoms with Crippen LogP contribution in [0, 0.1) is 13.8 Å². The standard InChI is InChI=1S/C33H26Cl4N2O3S/c1-4-41-30-13-21(7-12-29(30)42-18-22-8-9-23(34)15-28(22)37)14-31-32(40)39(25-11-6-20(3)27(36)17-25)33(43-31)38-24-10-5-19(2)26(35)16-24/h5-17H,4,18H2,1-3H3/b31-14+,38-33?. The number of hydrogen-bond donors (Lipinski definition) is 0. The van der Waals surface area contributed by atoms with Crippen LogP contribution in [0.15, 0.2) is 82.7 Å². The summed E-state index contributed by atoms with van der Waals surface area (Å²) in [6.07, 6.45) is 1.81. The van der Waals surface area contributed by atoms with Crippen molar-refractivity contribution < 1.29 is 14.3 Å². The van der Waals surface area contributed by atoms with Crippen LogP contribution in [0.4, 0.5) is 11.4 Å². The fourth-order valence-corrected chi connectivity index (χ4v) is 6.02. The second kappa shape index (κ2) is 13.7. The highest BCUT2D eigenvalue weighted by Gasteiger charge is 2.35. The lowest BCUT2D eigenvalue weighted by Crippen LogP contribution is -2.28. The van der Waals surface area contributed by atoms with Gasteiger partial charge in [0.2, 0.25) is 0 Å². The number of thioether (sulfide) groups is 1. The van der Waals surface area contributed by atoms with Gasteiger partial charge in [0.05, 0.1) is 22.9 Å². The molecule has 10 heteroatoms. The van der Waals surface area contributed by atoms with Gasteiger partial charge in [-0.2, -0.15) is 0 Å². The molecule has 0 N–H and O–H groups in total. The molecule has 5 nitrogen and oxygen atoms in total. The normalized spacial score (nSPS) is 15.0. The molecule has 1 aliphatic heterocycles. The third-order valence-electron chi connectivity index (χ3n) is 6.56. The molecular formula is C33H26Cl4N2O3S. The van der Waals surface area contributed by atoms with Crippen LogP contribution in [0.3, 0.4) is 0 Å². The summed E-state index contributed by atoms with van der Waals surface area (Å²) in [5, 5.41) is 2.72. The van der Waals surface area contributed by atoms with Crippen LogP contribution in [-0.4, -0.2) is 17.7 Å². The van der Waals surface area contributed by atoms with Gasteiger partial charge in [0, 0.05) is 25.7 Å². The summed E-state index contributed by atoms with van der Waals surface area (Å²) in [4.78, 5) is 20.7. The van der Waals surface area contributed by atoms with Crippen LogP contribution < -0.4 is 14.4 Å². The summed E-state index contributed by atoms with van der Waals surface area (Å²) in [5.41, 5.74) is 4.67. The summed E-state index contributed by atoms with van der Waals surface area (Å²) in [6.45, 7) is 6.40. The maximum atomic E-state index is 13.8. The van der Waals surface area contributed by atoms with E-state index in [1.807, 2.05) is 75.4 Å². The number of carbonyl (C=O) groups is 1. The van der Waals surface area contributed by atoms with Gasteiger partial charge in [-0.3, -0.25) is 9.69 Å². The Labute approximate surface area is 275 Å². The van der Waals surface area contributed by atoms with Gasteiger partial charge in [-0.1, -0.05) is 70.7 Å². The number of ether oxygens (including phenoxy) is 2. The minimum atomic E-state index is -0.224. The lowest BCUT2D eigenvalue weighted by Gasteiger charge is -2.16. The van der Waals surface area contributed by atoms with Gasteiger partial charge in [0.15, 0.2) is 16.7 Å². The summed E-state index contributed by atoms with van der Waals surface area (Å²) >= 11 is 26.4. The number of aryl methyl sites for hydroxylation is 2. The van der Waals surface area contributed by atoms with Gasteiger partial charge in [0.1, 0.15) is 6.61 Å². The number of nitrogens with zero attached hydrogens (tertiary/aromatic N) is 2. The molecule has 4 aromatic carbocycles. The number of hydrogen-bond acceptors (Lipinski definition) is 5. The predicted octanol–water partition coefficient (Wildman–Crippen LogP) is 10.7. The average molecular weight is 672 g/mol. The molecule has 1 saturated heterocycles. The second-order valence-electron chi connectivity index (χ2n) is 9.68. The van der Waals surface area contributed by atoms with Crippen molar-refractivity contribution in [1.82, 2.24) is 0 Å². The Balaban J connectivity index is 1.48. The topological polar surface area (TPSA) is 51.1 Å². The Kier molecular flexibility index (Phi) is 9.95. The zero-order valence-corrected chi connectivity index (χ0v) is 27.3. The molecule has 220 valence electrons. The van der Waals surface area contributed by atoms with Crippen molar-refractivity contribution in [2.24, 2.45) is 4.99 Å². The van der Waals surface area contributed by atoms with Crippen LogP contribution in [0.5, 0.6) is 11.5 Å². The third kappa shape index (κ3) is 7.34. The highest BCUT2D eigenvalue weighted by atomic mass is 35.5. The summed E-state index contributed by atoms with van der Waals surface area (Å²) in [6, 6.07) is 21.8. The van der Waals surface area contributed by atoms with E-state index < -0.39 is 0 Å². The van der Waals surface area contributed by atoms with Crippen LogP contribution in [0.2, 0.25) is 20.1 Å². The molecule has 1 fully saturated rings. The Morgan fingerprint density at radius 1 is 0.814 bits per heavy atom. The van der Waals surface area contributed by atoms with Crippen molar-refractivity contribution in [3.05, 3.63) is 120 Å². The largest absolute Gasteiger partial charge is 0.490 e. The number of aliphatic imine (C=N–C) groups is 1. The number of carbonyl (C=O) groups excluding carboxylic acids is 1. The minimum Gasteiger partial charge on any atom is -0.490 e. The van der Waals surface area contributed by atoms with Gasteiger partial charge in [-0.25, -0.2) is 4.99 Å². The smallest absolute Gasteiger partial charge is 0.271 e. The van der Waals surface area contributed by atoms with Gasteiger partial charge >= 0.3 is 0 Å². The van der Waals surface area contributed by atoms with E-state index in [1.165, 1.54) is 11.8 Å². The Hall–Kier alpha value is -3.13.